The highest BCUT2D eigenvalue weighted by atomic mass is 35.5. The quantitative estimate of drug-likeness (QED) is 0.677. The third-order valence-corrected chi connectivity index (χ3v) is 5.57. The fraction of sp³-hybridized carbons (Fsp3) is 0.318. The highest BCUT2D eigenvalue weighted by molar-refractivity contribution is 6.29. The van der Waals surface area contributed by atoms with E-state index in [9.17, 15) is 9.90 Å². The Hall–Kier alpha value is -2.90. The number of pyridine rings is 1. The van der Waals surface area contributed by atoms with E-state index >= 15 is 0 Å². The van der Waals surface area contributed by atoms with Gasteiger partial charge >= 0.3 is 0 Å². The Kier molecular flexibility index (Phi) is 6.01. The highest BCUT2D eigenvalue weighted by Crippen LogP contribution is 2.18. The number of benzene rings is 1. The monoisotopic (exact) mass is 425 g/mol. The molecule has 0 radical (unpaired) electrons. The summed E-state index contributed by atoms with van der Waals surface area (Å²) < 4.78 is 1.55. The first-order chi connectivity index (χ1) is 14.5. The van der Waals surface area contributed by atoms with Gasteiger partial charge in [0.1, 0.15) is 0 Å². The van der Waals surface area contributed by atoms with Crippen molar-refractivity contribution >= 4 is 17.4 Å². The number of hydrogen-bond acceptors (Lipinski definition) is 6. The summed E-state index contributed by atoms with van der Waals surface area (Å²) in [5.41, 5.74) is 2.47. The number of halogens is 1. The predicted octanol–water partition coefficient (Wildman–Crippen LogP) is 2.68. The molecule has 1 aliphatic heterocycles. The standard InChI is InChI=1S/C22H24ClN5O2/c1-16-3-2-4-17(13-16)14-28-8-7-18(21(29)22(28)30)15-26-9-11-27(12-10-26)20-6-5-19(23)24-25-20/h2-8,13,29H,9-12,14-15H2,1H3. The van der Waals surface area contributed by atoms with Gasteiger partial charge in [-0.05, 0) is 30.7 Å². The predicted molar refractivity (Wildman–Crippen MR) is 117 cm³/mol. The van der Waals surface area contributed by atoms with Crippen molar-refractivity contribution in [3.63, 3.8) is 0 Å². The number of hydrogen-bond donors (Lipinski definition) is 1. The number of aromatic nitrogens is 3. The van der Waals surface area contributed by atoms with Crippen molar-refractivity contribution in [2.75, 3.05) is 31.1 Å². The minimum absolute atomic E-state index is 0.170. The van der Waals surface area contributed by atoms with Crippen molar-refractivity contribution in [1.29, 1.82) is 0 Å². The number of aromatic hydroxyl groups is 1. The number of rotatable bonds is 5. The van der Waals surface area contributed by atoms with Gasteiger partial charge in [-0.2, -0.15) is 0 Å². The molecular formula is C22H24ClN5O2. The van der Waals surface area contributed by atoms with Gasteiger partial charge in [0.05, 0.1) is 6.54 Å². The van der Waals surface area contributed by atoms with Crippen LogP contribution in [0.4, 0.5) is 5.82 Å². The maximum atomic E-state index is 12.6. The number of aryl methyl sites for hydroxylation is 1. The van der Waals surface area contributed by atoms with E-state index in [1.54, 1.807) is 16.8 Å². The van der Waals surface area contributed by atoms with Gasteiger partial charge in [0, 0.05) is 44.5 Å². The molecule has 8 heteroatoms. The summed E-state index contributed by atoms with van der Waals surface area (Å²) in [5, 5.41) is 18.9. The Labute approximate surface area is 180 Å². The van der Waals surface area contributed by atoms with Gasteiger partial charge in [0.2, 0.25) is 0 Å². The molecule has 1 saturated heterocycles. The fourth-order valence-electron chi connectivity index (χ4n) is 3.71. The lowest BCUT2D eigenvalue weighted by Gasteiger charge is -2.35. The zero-order valence-electron chi connectivity index (χ0n) is 16.8. The molecule has 0 atom stereocenters. The smallest absolute Gasteiger partial charge is 0.293 e. The lowest BCUT2D eigenvalue weighted by molar-refractivity contribution is 0.245. The summed E-state index contributed by atoms with van der Waals surface area (Å²) >= 11 is 5.80. The normalized spacial score (nSPS) is 14.8. The second-order valence-corrected chi connectivity index (χ2v) is 7.98. The van der Waals surface area contributed by atoms with Gasteiger partial charge in [-0.25, -0.2) is 0 Å². The Morgan fingerprint density at radius 3 is 2.53 bits per heavy atom. The van der Waals surface area contributed by atoms with Crippen molar-refractivity contribution in [2.24, 2.45) is 0 Å². The molecule has 0 bridgehead atoms. The van der Waals surface area contributed by atoms with Crippen molar-refractivity contribution in [2.45, 2.75) is 20.0 Å². The van der Waals surface area contributed by atoms with E-state index < -0.39 is 0 Å². The van der Waals surface area contributed by atoms with Gasteiger partial charge in [-0.1, -0.05) is 41.4 Å². The van der Waals surface area contributed by atoms with Crippen LogP contribution in [0, 0.1) is 6.92 Å². The molecule has 4 rings (SSSR count). The number of anilines is 1. The molecule has 3 heterocycles. The van der Waals surface area contributed by atoms with Crippen LogP contribution in [0.3, 0.4) is 0 Å². The molecule has 30 heavy (non-hydrogen) atoms. The average Bonchev–Trinajstić information content (AvgIpc) is 2.75. The summed E-state index contributed by atoms with van der Waals surface area (Å²) in [6.07, 6.45) is 1.76. The van der Waals surface area contributed by atoms with Gasteiger partial charge in [-0.15, -0.1) is 10.2 Å². The van der Waals surface area contributed by atoms with Crippen LogP contribution in [-0.4, -0.2) is 50.9 Å². The largest absolute Gasteiger partial charge is 0.503 e. The second kappa shape index (κ2) is 8.85. The van der Waals surface area contributed by atoms with E-state index in [0.717, 1.165) is 43.1 Å². The van der Waals surface area contributed by atoms with Crippen molar-refractivity contribution in [3.8, 4) is 5.75 Å². The first-order valence-corrected chi connectivity index (χ1v) is 10.3. The van der Waals surface area contributed by atoms with Crippen LogP contribution >= 0.6 is 11.6 Å². The number of nitrogens with zero attached hydrogens (tertiary/aromatic N) is 5. The molecule has 0 unspecified atom stereocenters. The molecule has 0 aliphatic carbocycles. The Bertz CT molecular complexity index is 1080. The number of piperazine rings is 1. The molecule has 1 aromatic carbocycles. The van der Waals surface area contributed by atoms with Gasteiger partial charge in [0.15, 0.2) is 16.7 Å². The van der Waals surface area contributed by atoms with Crippen LogP contribution in [0.25, 0.3) is 0 Å². The van der Waals surface area contributed by atoms with Crippen LogP contribution in [0.5, 0.6) is 5.75 Å². The lowest BCUT2D eigenvalue weighted by Crippen LogP contribution is -2.46. The second-order valence-electron chi connectivity index (χ2n) is 7.59. The molecular weight excluding hydrogens is 402 g/mol. The van der Waals surface area contributed by atoms with E-state index in [2.05, 4.69) is 20.0 Å². The maximum Gasteiger partial charge on any atom is 0.293 e. The molecule has 0 saturated carbocycles. The molecule has 7 nitrogen and oxygen atoms in total. The highest BCUT2D eigenvalue weighted by Gasteiger charge is 2.20. The van der Waals surface area contributed by atoms with Crippen LogP contribution in [-0.2, 0) is 13.1 Å². The first-order valence-electron chi connectivity index (χ1n) is 9.93. The molecule has 1 fully saturated rings. The molecule has 0 spiro atoms. The van der Waals surface area contributed by atoms with Crippen LogP contribution in [0.1, 0.15) is 16.7 Å². The third-order valence-electron chi connectivity index (χ3n) is 5.37. The van der Waals surface area contributed by atoms with E-state index in [1.165, 1.54) is 0 Å². The summed E-state index contributed by atoms with van der Waals surface area (Å²) in [4.78, 5) is 17.0. The fourth-order valence-corrected chi connectivity index (χ4v) is 3.81. The summed E-state index contributed by atoms with van der Waals surface area (Å²) in [6, 6.07) is 13.5. The molecule has 0 amide bonds. The van der Waals surface area contributed by atoms with Crippen molar-refractivity contribution < 1.29 is 5.11 Å². The summed E-state index contributed by atoms with van der Waals surface area (Å²) in [6.45, 7) is 6.18. The van der Waals surface area contributed by atoms with Crippen molar-refractivity contribution in [1.82, 2.24) is 19.7 Å². The van der Waals surface area contributed by atoms with E-state index in [-0.39, 0.29) is 11.3 Å². The lowest BCUT2D eigenvalue weighted by atomic mass is 10.1. The van der Waals surface area contributed by atoms with Gasteiger partial charge in [0.25, 0.3) is 5.56 Å². The Balaban J connectivity index is 1.40. The first kappa shape index (κ1) is 20.4. The Morgan fingerprint density at radius 1 is 1.03 bits per heavy atom. The van der Waals surface area contributed by atoms with Gasteiger partial charge < -0.3 is 14.6 Å². The SMILES string of the molecule is Cc1cccc(Cn2ccc(CN3CCN(c4ccc(Cl)nn4)CC3)c(O)c2=O)c1. The molecule has 2 aromatic heterocycles. The average molecular weight is 426 g/mol. The Morgan fingerprint density at radius 2 is 1.83 bits per heavy atom. The zero-order valence-corrected chi connectivity index (χ0v) is 17.6. The minimum atomic E-state index is -0.357. The van der Waals surface area contributed by atoms with Gasteiger partial charge in [-0.3, -0.25) is 9.69 Å². The molecule has 1 N–H and O–H groups in total. The summed E-state index contributed by atoms with van der Waals surface area (Å²) in [5.74, 6) is 0.636. The van der Waals surface area contributed by atoms with Crippen LogP contribution < -0.4 is 10.5 Å². The molecule has 1 aliphatic rings. The maximum absolute atomic E-state index is 12.6. The third kappa shape index (κ3) is 4.63. The van der Waals surface area contributed by atoms with E-state index in [0.29, 0.717) is 23.8 Å². The van der Waals surface area contributed by atoms with Crippen molar-refractivity contribution in [3.05, 3.63) is 80.9 Å². The topological polar surface area (TPSA) is 74.5 Å². The van der Waals surface area contributed by atoms with Crippen LogP contribution in [0.2, 0.25) is 5.15 Å². The van der Waals surface area contributed by atoms with Crippen LogP contribution in [0.15, 0.2) is 53.5 Å². The minimum Gasteiger partial charge on any atom is -0.503 e. The van der Waals surface area contributed by atoms with E-state index in [1.807, 2.05) is 43.3 Å². The molecule has 156 valence electrons. The zero-order chi connectivity index (χ0) is 21.1. The molecule has 3 aromatic rings. The van der Waals surface area contributed by atoms with E-state index in [4.69, 9.17) is 11.6 Å². The summed E-state index contributed by atoms with van der Waals surface area (Å²) in [7, 11) is 0.